The van der Waals surface area contributed by atoms with Crippen molar-refractivity contribution in [3.05, 3.63) is 62.9 Å². The van der Waals surface area contributed by atoms with Gasteiger partial charge in [-0.3, -0.25) is 14.9 Å². The van der Waals surface area contributed by atoms with Crippen LogP contribution in [0.4, 0.5) is 11.5 Å². The molecular formula is C18H16BrN5O3. The van der Waals surface area contributed by atoms with Gasteiger partial charge in [0.2, 0.25) is 0 Å². The predicted molar refractivity (Wildman–Crippen MR) is 105 cm³/mol. The molecule has 3 heterocycles. The highest BCUT2D eigenvalue weighted by Gasteiger charge is 2.24. The molecule has 0 atom stereocenters. The van der Waals surface area contributed by atoms with E-state index in [4.69, 9.17) is 0 Å². The number of fused-ring (bicyclic) bond motifs is 1. The fourth-order valence-corrected chi connectivity index (χ4v) is 3.56. The number of rotatable bonds is 3. The molecular weight excluding hydrogens is 414 g/mol. The van der Waals surface area contributed by atoms with E-state index < -0.39 is 4.92 Å². The first-order valence-electron chi connectivity index (χ1n) is 8.44. The lowest BCUT2D eigenvalue weighted by Gasteiger charge is -2.35. The second-order valence-corrected chi connectivity index (χ2v) is 7.24. The highest BCUT2D eigenvalue weighted by Crippen LogP contribution is 2.22. The van der Waals surface area contributed by atoms with Crippen LogP contribution in [0, 0.1) is 10.1 Å². The van der Waals surface area contributed by atoms with Crippen molar-refractivity contribution in [2.75, 3.05) is 31.1 Å². The van der Waals surface area contributed by atoms with Gasteiger partial charge in [-0.1, -0.05) is 22.0 Å². The van der Waals surface area contributed by atoms with Crippen LogP contribution in [-0.2, 0) is 0 Å². The normalized spacial score (nSPS) is 14.6. The van der Waals surface area contributed by atoms with Crippen molar-refractivity contribution in [3.63, 3.8) is 0 Å². The van der Waals surface area contributed by atoms with Crippen molar-refractivity contribution in [2.24, 2.45) is 0 Å². The molecule has 1 aliphatic rings. The lowest BCUT2D eigenvalue weighted by atomic mass is 10.2. The van der Waals surface area contributed by atoms with Crippen LogP contribution in [0.2, 0.25) is 0 Å². The summed E-state index contributed by atoms with van der Waals surface area (Å²) < 4.78 is 0.958. The molecule has 27 heavy (non-hydrogen) atoms. The summed E-state index contributed by atoms with van der Waals surface area (Å²) in [5.74, 6) is 0.654. The van der Waals surface area contributed by atoms with Gasteiger partial charge in [0.25, 0.3) is 11.6 Å². The van der Waals surface area contributed by atoms with E-state index in [0.717, 1.165) is 15.4 Å². The summed E-state index contributed by atoms with van der Waals surface area (Å²) in [4.78, 5) is 34.2. The third-order valence-electron chi connectivity index (χ3n) is 4.65. The molecule has 1 saturated heterocycles. The van der Waals surface area contributed by atoms with Gasteiger partial charge >= 0.3 is 0 Å². The smallest absolute Gasteiger partial charge is 0.287 e. The Morgan fingerprint density at radius 3 is 2.59 bits per heavy atom. The van der Waals surface area contributed by atoms with Crippen LogP contribution in [0.25, 0.3) is 10.9 Å². The van der Waals surface area contributed by atoms with Crippen molar-refractivity contribution in [1.29, 1.82) is 0 Å². The molecule has 4 rings (SSSR count). The highest BCUT2D eigenvalue weighted by atomic mass is 79.9. The maximum atomic E-state index is 12.8. The summed E-state index contributed by atoms with van der Waals surface area (Å²) in [5.41, 5.74) is 1.46. The molecule has 0 saturated carbocycles. The molecule has 0 radical (unpaired) electrons. The van der Waals surface area contributed by atoms with Gasteiger partial charge in [-0.15, -0.1) is 0 Å². The summed E-state index contributed by atoms with van der Waals surface area (Å²) >= 11 is 3.43. The summed E-state index contributed by atoms with van der Waals surface area (Å²) in [6.45, 7) is 2.39. The molecule has 0 unspecified atom stereocenters. The number of benzene rings is 1. The zero-order valence-electron chi connectivity index (χ0n) is 14.3. The molecule has 138 valence electrons. The second kappa shape index (κ2) is 6.99. The Balaban J connectivity index is 1.43. The van der Waals surface area contributed by atoms with E-state index >= 15 is 0 Å². The number of aromatic nitrogens is 2. The number of aromatic amines is 1. The van der Waals surface area contributed by atoms with E-state index in [-0.39, 0.29) is 11.6 Å². The van der Waals surface area contributed by atoms with E-state index in [0.29, 0.717) is 37.7 Å². The molecule has 1 fully saturated rings. The molecule has 0 bridgehead atoms. The fraction of sp³-hybridized carbons (Fsp3) is 0.222. The largest absolute Gasteiger partial charge is 0.353 e. The van der Waals surface area contributed by atoms with Gasteiger partial charge in [-0.2, -0.15) is 0 Å². The average molecular weight is 430 g/mol. The molecule has 3 aromatic rings. The number of nitro groups is 1. The Labute approximate surface area is 163 Å². The summed E-state index contributed by atoms with van der Waals surface area (Å²) in [6, 6.07) is 10.8. The van der Waals surface area contributed by atoms with Crippen molar-refractivity contribution in [1.82, 2.24) is 14.9 Å². The fourth-order valence-electron chi connectivity index (χ4n) is 3.20. The molecule has 1 N–H and O–H groups in total. The maximum absolute atomic E-state index is 12.8. The molecule has 1 aliphatic heterocycles. The monoisotopic (exact) mass is 429 g/mol. The van der Waals surface area contributed by atoms with E-state index in [1.807, 2.05) is 34.1 Å². The van der Waals surface area contributed by atoms with Crippen LogP contribution in [0.3, 0.4) is 0 Å². The quantitative estimate of drug-likeness (QED) is 0.509. The van der Waals surface area contributed by atoms with Crippen LogP contribution in [0.5, 0.6) is 0 Å². The van der Waals surface area contributed by atoms with Gasteiger partial charge in [0.05, 0.1) is 4.92 Å². The number of piperazine rings is 1. The van der Waals surface area contributed by atoms with Crippen LogP contribution in [0.1, 0.15) is 10.5 Å². The van der Waals surface area contributed by atoms with Gasteiger partial charge in [0.1, 0.15) is 17.7 Å². The Hall–Kier alpha value is -2.94. The molecule has 1 amide bonds. The lowest BCUT2D eigenvalue weighted by Crippen LogP contribution is -2.49. The van der Waals surface area contributed by atoms with Crippen LogP contribution >= 0.6 is 15.9 Å². The first-order valence-corrected chi connectivity index (χ1v) is 9.23. The SMILES string of the molecule is O=C(c1cc2ccc(Br)cc2[nH]1)N1CCN(c2ccc([N+](=O)[O-])cn2)CC1. The number of nitrogens with zero attached hydrogens (tertiary/aromatic N) is 4. The molecule has 8 nitrogen and oxygen atoms in total. The number of nitrogens with one attached hydrogen (secondary N) is 1. The molecule has 1 aromatic carbocycles. The van der Waals surface area contributed by atoms with Crippen molar-refractivity contribution < 1.29 is 9.72 Å². The molecule has 0 spiro atoms. The van der Waals surface area contributed by atoms with Crippen molar-refractivity contribution in [2.45, 2.75) is 0 Å². The van der Waals surface area contributed by atoms with E-state index in [9.17, 15) is 14.9 Å². The molecule has 2 aromatic heterocycles. The van der Waals surface area contributed by atoms with Gasteiger partial charge in [0.15, 0.2) is 0 Å². The van der Waals surface area contributed by atoms with Crippen molar-refractivity contribution >= 4 is 44.2 Å². The Morgan fingerprint density at radius 2 is 1.93 bits per heavy atom. The number of amides is 1. The Kier molecular flexibility index (Phi) is 4.53. The highest BCUT2D eigenvalue weighted by molar-refractivity contribution is 9.10. The lowest BCUT2D eigenvalue weighted by molar-refractivity contribution is -0.385. The number of anilines is 1. The summed E-state index contributed by atoms with van der Waals surface area (Å²) in [6.07, 6.45) is 1.26. The number of pyridine rings is 1. The van der Waals surface area contributed by atoms with Crippen LogP contribution < -0.4 is 4.90 Å². The minimum Gasteiger partial charge on any atom is -0.353 e. The van der Waals surface area contributed by atoms with Gasteiger partial charge in [-0.25, -0.2) is 4.98 Å². The average Bonchev–Trinajstić information content (AvgIpc) is 3.11. The van der Waals surface area contributed by atoms with Gasteiger partial charge in [0, 0.05) is 47.6 Å². The third kappa shape index (κ3) is 3.50. The predicted octanol–water partition coefficient (Wildman–Crippen LogP) is 3.20. The number of carbonyl (C=O) groups is 1. The number of H-pyrrole nitrogens is 1. The Morgan fingerprint density at radius 1 is 1.15 bits per heavy atom. The van der Waals surface area contributed by atoms with Gasteiger partial charge < -0.3 is 14.8 Å². The third-order valence-corrected chi connectivity index (χ3v) is 5.14. The summed E-state index contributed by atoms with van der Waals surface area (Å²) in [7, 11) is 0. The zero-order chi connectivity index (χ0) is 19.0. The first-order chi connectivity index (χ1) is 13.0. The molecule has 9 heteroatoms. The Bertz CT molecular complexity index is 1010. The minimum atomic E-state index is -0.466. The van der Waals surface area contributed by atoms with Crippen LogP contribution in [0.15, 0.2) is 47.1 Å². The number of halogens is 1. The number of hydrogen-bond donors (Lipinski definition) is 1. The molecule has 0 aliphatic carbocycles. The van der Waals surface area contributed by atoms with Crippen molar-refractivity contribution in [3.8, 4) is 0 Å². The first kappa shape index (κ1) is 17.5. The zero-order valence-corrected chi connectivity index (χ0v) is 15.8. The maximum Gasteiger partial charge on any atom is 0.287 e. The van der Waals surface area contributed by atoms with E-state index in [1.54, 1.807) is 6.07 Å². The standard InChI is InChI=1S/C18H16BrN5O3/c19-13-2-1-12-9-16(21-15(12)10-13)18(25)23-7-5-22(6-8-23)17-4-3-14(11-20-17)24(26)27/h1-4,9-11,21H,5-8H2. The number of hydrogen-bond acceptors (Lipinski definition) is 5. The van der Waals surface area contributed by atoms with E-state index in [2.05, 4.69) is 25.9 Å². The summed E-state index contributed by atoms with van der Waals surface area (Å²) in [5, 5.41) is 11.7. The number of carbonyl (C=O) groups excluding carboxylic acids is 1. The van der Waals surface area contributed by atoms with Crippen LogP contribution in [-0.4, -0.2) is 51.9 Å². The minimum absolute atomic E-state index is 0.0290. The van der Waals surface area contributed by atoms with Gasteiger partial charge in [-0.05, 0) is 24.3 Å². The topological polar surface area (TPSA) is 95.4 Å². The second-order valence-electron chi connectivity index (χ2n) is 6.33. The van der Waals surface area contributed by atoms with E-state index in [1.165, 1.54) is 12.3 Å².